The van der Waals surface area contributed by atoms with E-state index < -0.39 is 18.0 Å². The van der Waals surface area contributed by atoms with Crippen LogP contribution < -0.4 is 10.6 Å². The van der Waals surface area contributed by atoms with Gasteiger partial charge in [0.05, 0.1) is 0 Å². The number of carboxylic acids is 1. The van der Waals surface area contributed by atoms with E-state index in [1.165, 1.54) is 18.2 Å². The minimum Gasteiger partial charge on any atom is -0.504 e. The summed E-state index contributed by atoms with van der Waals surface area (Å²) < 4.78 is 0. The van der Waals surface area contributed by atoms with E-state index in [4.69, 9.17) is 5.11 Å². The maximum absolute atomic E-state index is 11.7. The van der Waals surface area contributed by atoms with E-state index in [0.29, 0.717) is 5.56 Å². The lowest BCUT2D eigenvalue weighted by Crippen LogP contribution is -2.49. The number of phenolic OH excluding ortho intramolecular Hbond substituents is 2. The lowest BCUT2D eigenvalue weighted by Gasteiger charge is -2.17. The zero-order chi connectivity index (χ0) is 16.0. The fraction of sp³-hybridized carbons (Fsp3) is 0.429. The van der Waals surface area contributed by atoms with E-state index >= 15 is 0 Å². The molecule has 7 nitrogen and oxygen atoms in total. The zero-order valence-electron chi connectivity index (χ0n) is 12.0. The van der Waals surface area contributed by atoms with Crippen molar-refractivity contribution in [3.05, 3.63) is 23.8 Å². The summed E-state index contributed by atoms with van der Waals surface area (Å²) in [6, 6.07) is 2.27. The van der Waals surface area contributed by atoms with Crippen LogP contribution >= 0.6 is 0 Å². The van der Waals surface area contributed by atoms with Gasteiger partial charge in [0, 0.05) is 12.5 Å². The van der Waals surface area contributed by atoms with Crippen molar-refractivity contribution in [1.82, 2.24) is 10.6 Å². The summed E-state index contributed by atoms with van der Waals surface area (Å²) in [6.07, 6.45) is 0.730. The predicted molar refractivity (Wildman–Crippen MR) is 76.3 cm³/mol. The summed E-state index contributed by atoms with van der Waals surface area (Å²) in [5.41, 5.74) is 0.488. The molecule has 0 heterocycles. The van der Waals surface area contributed by atoms with Gasteiger partial charge in [0.1, 0.15) is 6.04 Å². The Balaban J connectivity index is 2.71. The molecular weight excluding hydrogens is 276 g/mol. The summed E-state index contributed by atoms with van der Waals surface area (Å²) >= 11 is 0. The molecule has 1 aromatic rings. The second-order valence-corrected chi connectivity index (χ2v) is 4.85. The molecule has 0 spiro atoms. The van der Waals surface area contributed by atoms with Crippen molar-refractivity contribution in [2.24, 2.45) is 0 Å². The van der Waals surface area contributed by atoms with Crippen LogP contribution in [0.25, 0.3) is 0 Å². The Morgan fingerprint density at radius 3 is 2.38 bits per heavy atom. The number of rotatable bonds is 6. The van der Waals surface area contributed by atoms with Gasteiger partial charge in [0.2, 0.25) is 0 Å². The quantitative estimate of drug-likeness (QED) is 0.505. The maximum Gasteiger partial charge on any atom is 0.326 e. The van der Waals surface area contributed by atoms with E-state index in [9.17, 15) is 19.8 Å². The molecule has 0 aliphatic heterocycles. The second-order valence-electron chi connectivity index (χ2n) is 4.85. The van der Waals surface area contributed by atoms with E-state index in [2.05, 4.69) is 10.6 Å². The minimum absolute atomic E-state index is 0.00288. The van der Waals surface area contributed by atoms with Crippen LogP contribution in [-0.2, 0) is 11.2 Å². The number of nitrogens with one attached hydrogen (secondary N) is 2. The van der Waals surface area contributed by atoms with Crippen LogP contribution in [0.5, 0.6) is 11.5 Å². The summed E-state index contributed by atoms with van der Waals surface area (Å²) in [5, 5.41) is 32.7. The number of hydrogen-bond donors (Lipinski definition) is 5. The van der Waals surface area contributed by atoms with Gasteiger partial charge in [-0.25, -0.2) is 9.59 Å². The number of carboxylic acid groups (broad SMARTS) is 1. The molecule has 7 heteroatoms. The van der Waals surface area contributed by atoms with Gasteiger partial charge >= 0.3 is 12.0 Å². The van der Waals surface area contributed by atoms with Crippen molar-refractivity contribution in [3.8, 4) is 11.5 Å². The van der Waals surface area contributed by atoms with Crippen LogP contribution in [0.15, 0.2) is 18.2 Å². The average Bonchev–Trinajstić information content (AvgIpc) is 2.41. The molecule has 1 rings (SSSR count). The standard InChI is InChI=1S/C14H20N2O5/c1-3-8(2)15-14(21)16-10(13(19)20)6-9-4-5-11(17)12(18)7-9/h4-5,7-8,10,17-18H,3,6H2,1-2H3,(H,19,20)(H2,15,16,21)/t8?,10-/m0/s1. The average molecular weight is 296 g/mol. The first kappa shape index (κ1) is 16.6. The predicted octanol–water partition coefficient (Wildman–Crippen LogP) is 1.19. The molecule has 2 atom stereocenters. The highest BCUT2D eigenvalue weighted by atomic mass is 16.4. The lowest BCUT2D eigenvalue weighted by molar-refractivity contribution is -0.139. The lowest BCUT2D eigenvalue weighted by atomic mass is 10.1. The third kappa shape index (κ3) is 5.21. The number of aliphatic carboxylic acids is 1. The molecule has 0 aromatic heterocycles. The van der Waals surface area contributed by atoms with Gasteiger partial charge in [-0.3, -0.25) is 0 Å². The van der Waals surface area contributed by atoms with Crippen molar-refractivity contribution < 1.29 is 24.9 Å². The topological polar surface area (TPSA) is 119 Å². The molecule has 0 saturated carbocycles. The monoisotopic (exact) mass is 296 g/mol. The van der Waals surface area contributed by atoms with Crippen molar-refractivity contribution in [2.45, 2.75) is 38.8 Å². The van der Waals surface area contributed by atoms with Crippen molar-refractivity contribution in [2.75, 3.05) is 0 Å². The maximum atomic E-state index is 11.7. The second kappa shape index (κ2) is 7.37. The SMILES string of the molecule is CCC(C)NC(=O)N[C@@H](Cc1ccc(O)c(O)c1)C(=O)O. The van der Waals surface area contributed by atoms with Crippen LogP contribution in [0.1, 0.15) is 25.8 Å². The van der Waals surface area contributed by atoms with Gasteiger partial charge in [-0.05, 0) is 31.0 Å². The molecule has 0 bridgehead atoms. The van der Waals surface area contributed by atoms with Gasteiger partial charge in [0.15, 0.2) is 11.5 Å². The van der Waals surface area contributed by atoms with Crippen LogP contribution in [0.3, 0.4) is 0 Å². The van der Waals surface area contributed by atoms with E-state index in [0.717, 1.165) is 6.42 Å². The smallest absolute Gasteiger partial charge is 0.326 e. The third-order valence-corrected chi connectivity index (χ3v) is 3.07. The van der Waals surface area contributed by atoms with Gasteiger partial charge in [-0.2, -0.15) is 0 Å². The number of hydrogen-bond acceptors (Lipinski definition) is 4. The molecule has 0 aliphatic carbocycles. The van der Waals surface area contributed by atoms with Crippen LogP contribution in [-0.4, -0.2) is 39.4 Å². The molecule has 1 aromatic carbocycles. The Bertz CT molecular complexity index is 518. The van der Waals surface area contributed by atoms with E-state index in [1.54, 1.807) is 0 Å². The molecule has 0 saturated heterocycles. The fourth-order valence-electron chi connectivity index (χ4n) is 1.66. The summed E-state index contributed by atoms with van der Waals surface area (Å²) in [5.74, 6) is -1.80. The summed E-state index contributed by atoms with van der Waals surface area (Å²) in [6.45, 7) is 3.71. The highest BCUT2D eigenvalue weighted by Crippen LogP contribution is 2.25. The normalized spacial score (nSPS) is 13.2. The van der Waals surface area contributed by atoms with Gasteiger partial charge < -0.3 is 26.0 Å². The Hall–Kier alpha value is -2.44. The Kier molecular flexibility index (Phi) is 5.83. The van der Waals surface area contributed by atoms with Crippen molar-refractivity contribution in [1.29, 1.82) is 0 Å². The molecule has 1 unspecified atom stereocenters. The van der Waals surface area contributed by atoms with E-state index in [-0.39, 0.29) is 24.0 Å². The van der Waals surface area contributed by atoms with Crippen molar-refractivity contribution >= 4 is 12.0 Å². The molecule has 0 fully saturated rings. The van der Waals surface area contributed by atoms with Gasteiger partial charge in [-0.15, -0.1) is 0 Å². The first-order chi connectivity index (χ1) is 9.83. The third-order valence-electron chi connectivity index (χ3n) is 3.07. The number of amides is 2. The molecule has 116 valence electrons. The fourth-order valence-corrected chi connectivity index (χ4v) is 1.66. The summed E-state index contributed by atoms with van der Waals surface area (Å²) in [7, 11) is 0. The largest absolute Gasteiger partial charge is 0.504 e. The van der Waals surface area contributed by atoms with Gasteiger partial charge in [0.25, 0.3) is 0 Å². The molecule has 21 heavy (non-hydrogen) atoms. The number of aromatic hydroxyl groups is 2. The first-order valence-corrected chi connectivity index (χ1v) is 6.64. The number of benzene rings is 1. The number of phenols is 2. The first-order valence-electron chi connectivity index (χ1n) is 6.64. The Morgan fingerprint density at radius 2 is 1.86 bits per heavy atom. The number of carbonyl (C=O) groups excluding carboxylic acids is 1. The number of urea groups is 1. The highest BCUT2D eigenvalue weighted by molar-refractivity contribution is 5.82. The molecule has 2 amide bonds. The van der Waals surface area contributed by atoms with E-state index in [1.807, 2.05) is 13.8 Å². The molecular formula is C14H20N2O5. The Morgan fingerprint density at radius 1 is 1.19 bits per heavy atom. The van der Waals surface area contributed by atoms with Crippen LogP contribution in [0.4, 0.5) is 4.79 Å². The van der Waals surface area contributed by atoms with Gasteiger partial charge in [-0.1, -0.05) is 13.0 Å². The zero-order valence-corrected chi connectivity index (χ0v) is 12.0. The minimum atomic E-state index is -1.18. The molecule has 5 N–H and O–H groups in total. The molecule has 0 radical (unpaired) electrons. The van der Waals surface area contributed by atoms with Crippen LogP contribution in [0.2, 0.25) is 0 Å². The molecule has 0 aliphatic rings. The number of carbonyl (C=O) groups is 2. The Labute approximate surface area is 122 Å². The summed E-state index contributed by atoms with van der Waals surface area (Å²) in [4.78, 5) is 22.9. The highest BCUT2D eigenvalue weighted by Gasteiger charge is 2.21. The van der Waals surface area contributed by atoms with Crippen molar-refractivity contribution in [3.63, 3.8) is 0 Å². The van der Waals surface area contributed by atoms with Crippen LogP contribution in [0, 0.1) is 0 Å².